The molecule has 0 bridgehead atoms. The Morgan fingerprint density at radius 1 is 1.07 bits per heavy atom. The molecular weight excluding hydrogens is 533 g/mol. The van der Waals surface area contributed by atoms with Crippen LogP contribution < -0.4 is 5.32 Å². The van der Waals surface area contributed by atoms with Gasteiger partial charge in [0, 0.05) is 24.7 Å². The highest BCUT2D eigenvalue weighted by atomic mass is 19.1. The van der Waals surface area contributed by atoms with Gasteiger partial charge in [-0.1, -0.05) is 6.07 Å². The van der Waals surface area contributed by atoms with E-state index in [4.69, 9.17) is 9.58 Å². The van der Waals surface area contributed by atoms with Crippen LogP contribution in [0.15, 0.2) is 35.9 Å². The van der Waals surface area contributed by atoms with Crippen LogP contribution in [0.3, 0.4) is 0 Å². The Labute approximate surface area is 247 Å². The number of amides is 1. The lowest BCUT2D eigenvalue weighted by atomic mass is 9.86. The van der Waals surface area contributed by atoms with E-state index in [-0.39, 0.29) is 41.5 Å². The quantitative estimate of drug-likeness (QED) is 0.390. The molecule has 222 valence electrons. The zero-order valence-electron chi connectivity index (χ0n) is 25.4. The standard InChI is InChI=1S/C34H40FN3O4/c1-19-15-24(17-27(35)31(19)39)23-11-14-28-26(16-23)30(29(20(2)37-28)32(40)22-9-10-22)36-18-21-7-12-25(13-8-21)38(6)33(41)42-34(3,4)5/h11,14-17,20-22,25H,7-10,12-13H2,1-6H3,(H-,37,39,40)/p+1. The molecule has 2 saturated carbocycles. The summed E-state index contributed by atoms with van der Waals surface area (Å²) in [6.07, 6.45) is 4.77. The van der Waals surface area contributed by atoms with Crippen LogP contribution in [0.1, 0.15) is 77.3 Å². The maximum absolute atomic E-state index is 14.4. The van der Waals surface area contributed by atoms with Crippen molar-refractivity contribution >= 4 is 23.3 Å². The molecule has 1 heterocycles. The summed E-state index contributed by atoms with van der Waals surface area (Å²) >= 11 is 0. The molecule has 0 saturated heterocycles. The van der Waals surface area contributed by atoms with Crippen molar-refractivity contribution in [3.05, 3.63) is 57.7 Å². The number of hydrogen-bond donors (Lipinski definition) is 2. The van der Waals surface area contributed by atoms with Crippen LogP contribution in [0.2, 0.25) is 0 Å². The van der Waals surface area contributed by atoms with E-state index >= 15 is 0 Å². The fourth-order valence-corrected chi connectivity index (χ4v) is 5.85. The molecule has 5 rings (SSSR count). The first kappa shape index (κ1) is 29.6. The van der Waals surface area contributed by atoms with Crippen LogP contribution in [-0.2, 0) is 9.53 Å². The van der Waals surface area contributed by atoms with Crippen molar-refractivity contribution in [1.82, 2.24) is 4.90 Å². The van der Waals surface area contributed by atoms with E-state index in [2.05, 4.69) is 11.4 Å². The lowest BCUT2D eigenvalue weighted by Crippen LogP contribution is -2.42. The Bertz CT molecular complexity index is 1480. The largest absolute Gasteiger partial charge is 0.505 e. The number of anilines is 1. The Morgan fingerprint density at radius 2 is 1.76 bits per heavy atom. The van der Waals surface area contributed by atoms with E-state index in [1.165, 1.54) is 6.07 Å². The maximum Gasteiger partial charge on any atom is 0.410 e. The minimum Gasteiger partial charge on any atom is -0.505 e. The minimum absolute atomic E-state index is 0.0341. The Morgan fingerprint density at radius 3 is 2.38 bits per heavy atom. The number of aromatic hydroxyl groups is 1. The molecule has 2 fully saturated rings. The predicted molar refractivity (Wildman–Crippen MR) is 163 cm³/mol. The van der Waals surface area contributed by atoms with Crippen molar-refractivity contribution in [1.29, 1.82) is 0 Å². The molecule has 2 aromatic rings. The molecule has 3 aliphatic rings. The smallest absolute Gasteiger partial charge is 0.410 e. The summed E-state index contributed by atoms with van der Waals surface area (Å²) in [4.78, 5) is 32.6. The fraction of sp³-hybridized carbons (Fsp3) is 0.500. The van der Waals surface area contributed by atoms with Crippen molar-refractivity contribution in [2.45, 2.75) is 90.8 Å². The number of ether oxygens (including phenoxy) is 1. The van der Waals surface area contributed by atoms with Gasteiger partial charge in [0.15, 0.2) is 17.3 Å². The molecule has 1 amide bonds. The first-order valence-electron chi connectivity index (χ1n) is 14.9. The third-order valence-corrected chi connectivity index (χ3v) is 8.42. The second-order valence-electron chi connectivity index (χ2n) is 13.0. The minimum atomic E-state index is -0.672. The summed E-state index contributed by atoms with van der Waals surface area (Å²) in [6.45, 7) is 9.25. The van der Waals surface area contributed by atoms with Gasteiger partial charge in [-0.25, -0.2) is 9.18 Å². The normalized spacial score (nSPS) is 21.9. The van der Waals surface area contributed by atoms with Gasteiger partial charge in [0.05, 0.1) is 17.5 Å². The van der Waals surface area contributed by atoms with Crippen molar-refractivity contribution < 1.29 is 23.8 Å². The molecule has 8 heteroatoms. The van der Waals surface area contributed by atoms with Crippen molar-refractivity contribution in [2.24, 2.45) is 11.8 Å². The number of hydrogen-bond acceptors (Lipinski definition) is 5. The molecule has 2 aliphatic carbocycles. The topological polar surface area (TPSA) is 83.2 Å². The molecule has 1 atom stereocenters. The first-order valence-corrected chi connectivity index (χ1v) is 14.9. The van der Waals surface area contributed by atoms with Gasteiger partial charge < -0.3 is 20.1 Å². The molecule has 7 nitrogen and oxygen atoms in total. The van der Waals surface area contributed by atoms with Gasteiger partial charge in [-0.2, -0.15) is 0 Å². The summed E-state index contributed by atoms with van der Waals surface area (Å²) in [5, 5.41) is 13.4. The van der Waals surface area contributed by atoms with Crippen LogP contribution in [0.5, 0.6) is 5.75 Å². The van der Waals surface area contributed by atoms with Gasteiger partial charge in [0.2, 0.25) is 0 Å². The number of rotatable bonds is 4. The number of nitrogens with one attached hydrogen (secondary N) is 1. The van der Waals surface area contributed by atoms with Gasteiger partial charge in [0.25, 0.3) is 6.07 Å². The van der Waals surface area contributed by atoms with Crippen LogP contribution >= 0.6 is 0 Å². The maximum atomic E-state index is 14.4. The third kappa shape index (κ3) is 6.30. The molecule has 2 N–H and O–H groups in total. The highest BCUT2D eigenvalue weighted by molar-refractivity contribution is 6.10. The van der Waals surface area contributed by atoms with Crippen LogP contribution in [0.4, 0.5) is 14.9 Å². The summed E-state index contributed by atoms with van der Waals surface area (Å²) in [5.74, 6) is -0.762. The van der Waals surface area contributed by atoms with Crippen molar-refractivity contribution in [3.8, 4) is 22.9 Å². The number of carbonyl (C=O) groups excluding carboxylic acids is 2. The number of phenols is 1. The predicted octanol–water partition coefficient (Wildman–Crippen LogP) is 7.77. The Hall–Kier alpha value is -3.86. The lowest BCUT2D eigenvalue weighted by molar-refractivity contribution is -0.116. The number of phenolic OH excluding ortho intramolecular Hbond substituents is 1. The number of aryl methyl sites for hydroxylation is 1. The SMILES string of the molecule is Cc1cc(-c2ccc3c(c2)C([N+]#CC2CCC(N(C)C(=O)OC(C)(C)C)CC2)=C(C(=O)C2CC2)C(C)N3)cc(F)c1O. The van der Waals surface area contributed by atoms with Crippen LogP contribution in [-0.4, -0.2) is 46.6 Å². The average Bonchev–Trinajstić information content (AvgIpc) is 3.78. The second kappa shape index (κ2) is 11.4. The van der Waals surface area contributed by atoms with Crippen molar-refractivity contribution in [3.63, 3.8) is 0 Å². The number of carbonyl (C=O) groups is 2. The molecule has 0 spiro atoms. The fourth-order valence-electron chi connectivity index (χ4n) is 5.85. The molecule has 0 radical (unpaired) electrons. The van der Waals surface area contributed by atoms with Gasteiger partial charge in [-0.05, 0) is 119 Å². The molecule has 42 heavy (non-hydrogen) atoms. The van der Waals surface area contributed by atoms with E-state index < -0.39 is 11.4 Å². The van der Waals surface area contributed by atoms with E-state index in [0.717, 1.165) is 55.3 Å². The van der Waals surface area contributed by atoms with Gasteiger partial charge >= 0.3 is 11.8 Å². The Balaban J connectivity index is 1.44. The summed E-state index contributed by atoms with van der Waals surface area (Å²) < 4.78 is 19.9. The zero-order valence-corrected chi connectivity index (χ0v) is 25.4. The van der Waals surface area contributed by atoms with Gasteiger partial charge in [-0.3, -0.25) is 4.79 Å². The Kier molecular flexibility index (Phi) is 8.06. The summed E-state index contributed by atoms with van der Waals surface area (Å²) in [5.41, 5.74) is 4.25. The van der Waals surface area contributed by atoms with E-state index in [1.807, 2.05) is 45.9 Å². The highest BCUT2D eigenvalue weighted by Gasteiger charge is 2.42. The molecule has 0 aromatic heterocycles. The lowest BCUT2D eigenvalue weighted by Gasteiger charge is -2.33. The molecular formula is C34H41FN3O4+. The van der Waals surface area contributed by atoms with Crippen LogP contribution in [0, 0.1) is 30.6 Å². The van der Waals surface area contributed by atoms with Gasteiger partial charge in [-0.15, -0.1) is 0 Å². The van der Waals surface area contributed by atoms with E-state index in [0.29, 0.717) is 22.4 Å². The summed E-state index contributed by atoms with van der Waals surface area (Å²) in [6, 6.07) is 12.1. The number of nitrogens with zero attached hydrogens (tertiary/aromatic N) is 2. The summed E-state index contributed by atoms with van der Waals surface area (Å²) in [7, 11) is 1.80. The van der Waals surface area contributed by atoms with E-state index in [9.17, 15) is 19.1 Å². The average molecular weight is 575 g/mol. The number of fused-ring (bicyclic) bond motifs is 1. The number of halogens is 1. The van der Waals surface area contributed by atoms with E-state index in [1.54, 1.807) is 24.9 Å². The van der Waals surface area contributed by atoms with Gasteiger partial charge in [0.1, 0.15) is 11.2 Å². The second-order valence-corrected chi connectivity index (χ2v) is 13.0. The number of Topliss-reactive ketones (excluding diaryl/α,β-unsaturated/α-hetero) is 1. The molecule has 2 aromatic carbocycles. The first-order chi connectivity index (χ1) is 19.8. The third-order valence-electron chi connectivity index (χ3n) is 8.42. The van der Waals surface area contributed by atoms with Crippen molar-refractivity contribution in [2.75, 3.05) is 12.4 Å². The zero-order chi connectivity index (χ0) is 30.3. The number of benzene rings is 2. The molecule has 1 unspecified atom stereocenters. The van der Waals surface area contributed by atoms with Crippen LogP contribution in [0.25, 0.3) is 21.7 Å². The highest BCUT2D eigenvalue weighted by Crippen LogP contribution is 2.43. The molecule has 1 aliphatic heterocycles. The monoisotopic (exact) mass is 574 g/mol. The number of ketones is 1.